The number of amides is 1. The zero-order chi connectivity index (χ0) is 19.8. The van der Waals surface area contributed by atoms with Gasteiger partial charge in [0.2, 0.25) is 5.91 Å². The van der Waals surface area contributed by atoms with Gasteiger partial charge in [0.05, 0.1) is 13.2 Å². The van der Waals surface area contributed by atoms with Crippen molar-refractivity contribution in [2.24, 2.45) is 0 Å². The first kappa shape index (κ1) is 20.1. The van der Waals surface area contributed by atoms with Gasteiger partial charge in [0.1, 0.15) is 11.6 Å². The van der Waals surface area contributed by atoms with Gasteiger partial charge in [-0.05, 0) is 55.3 Å². The smallest absolute Gasteiger partial charge is 0.234 e. The molecule has 0 aromatic heterocycles. The third-order valence-corrected chi connectivity index (χ3v) is 4.85. The number of benzene rings is 2. The van der Waals surface area contributed by atoms with Crippen molar-refractivity contribution in [2.45, 2.75) is 19.9 Å². The Kier molecular flexibility index (Phi) is 7.25. The predicted octanol–water partition coefficient (Wildman–Crippen LogP) is 3.05. The maximum atomic E-state index is 13.1. The highest BCUT2D eigenvalue weighted by molar-refractivity contribution is 5.78. The average molecular weight is 385 g/mol. The molecule has 0 saturated carbocycles. The molecule has 2 aromatic carbocycles. The molecule has 1 saturated heterocycles. The van der Waals surface area contributed by atoms with Gasteiger partial charge in [0.25, 0.3) is 0 Å². The Morgan fingerprint density at radius 1 is 1.11 bits per heavy atom. The van der Waals surface area contributed by atoms with E-state index in [1.54, 1.807) is 0 Å². The van der Waals surface area contributed by atoms with Crippen LogP contribution in [0.15, 0.2) is 48.5 Å². The molecular formula is C22H28FN3O2. The van der Waals surface area contributed by atoms with Crippen molar-refractivity contribution in [1.29, 1.82) is 0 Å². The summed E-state index contributed by atoms with van der Waals surface area (Å²) < 4.78 is 18.6. The Balaban J connectivity index is 1.45. The van der Waals surface area contributed by atoms with Crippen LogP contribution >= 0.6 is 0 Å². The lowest BCUT2D eigenvalue weighted by Gasteiger charge is -2.23. The van der Waals surface area contributed by atoms with Crippen LogP contribution in [0, 0.1) is 5.82 Å². The molecule has 1 N–H and O–H groups in total. The van der Waals surface area contributed by atoms with Crippen LogP contribution in [0.2, 0.25) is 0 Å². The number of halogens is 1. The second-order valence-electron chi connectivity index (χ2n) is 6.95. The standard InChI is InChI=1S/C22H28FN3O2/c1-2-28-21-6-3-5-18(15-21)16-24-22(27)17-25-11-4-12-26(14-13-25)20-9-7-19(23)8-10-20/h3,5-10,15H,2,4,11-14,16-17H2,1H3,(H,24,27). The molecule has 0 spiro atoms. The number of carbonyl (C=O) groups excluding carboxylic acids is 1. The molecular weight excluding hydrogens is 357 g/mol. The van der Waals surface area contributed by atoms with Gasteiger partial charge in [-0.3, -0.25) is 9.69 Å². The molecule has 0 radical (unpaired) electrons. The Labute approximate surface area is 166 Å². The number of rotatable bonds is 7. The summed E-state index contributed by atoms with van der Waals surface area (Å²) in [6, 6.07) is 14.4. The highest BCUT2D eigenvalue weighted by atomic mass is 19.1. The predicted molar refractivity (Wildman–Crippen MR) is 109 cm³/mol. The van der Waals surface area contributed by atoms with Crippen molar-refractivity contribution >= 4 is 11.6 Å². The second kappa shape index (κ2) is 10.1. The number of ether oxygens (including phenoxy) is 1. The van der Waals surface area contributed by atoms with Crippen LogP contribution in [0.5, 0.6) is 5.75 Å². The van der Waals surface area contributed by atoms with Crippen LogP contribution in [0.25, 0.3) is 0 Å². The van der Waals surface area contributed by atoms with E-state index in [-0.39, 0.29) is 11.7 Å². The SMILES string of the molecule is CCOc1cccc(CNC(=O)CN2CCCN(c3ccc(F)cc3)CC2)c1. The Morgan fingerprint density at radius 2 is 1.93 bits per heavy atom. The van der Waals surface area contributed by atoms with Gasteiger partial charge in [0, 0.05) is 38.4 Å². The number of carbonyl (C=O) groups is 1. The first-order valence-corrected chi connectivity index (χ1v) is 9.85. The third kappa shape index (κ3) is 5.96. The van der Waals surface area contributed by atoms with E-state index in [0.29, 0.717) is 19.7 Å². The first-order chi connectivity index (χ1) is 13.6. The van der Waals surface area contributed by atoms with E-state index in [4.69, 9.17) is 4.74 Å². The van der Waals surface area contributed by atoms with Crippen LogP contribution in [0.1, 0.15) is 18.9 Å². The fraction of sp³-hybridized carbons (Fsp3) is 0.409. The first-order valence-electron chi connectivity index (χ1n) is 9.85. The summed E-state index contributed by atoms with van der Waals surface area (Å²) in [4.78, 5) is 16.8. The van der Waals surface area contributed by atoms with Crippen LogP contribution in [-0.2, 0) is 11.3 Å². The molecule has 5 nitrogen and oxygen atoms in total. The van der Waals surface area contributed by atoms with Crippen LogP contribution < -0.4 is 15.0 Å². The minimum Gasteiger partial charge on any atom is -0.494 e. The Morgan fingerprint density at radius 3 is 2.71 bits per heavy atom. The largest absolute Gasteiger partial charge is 0.494 e. The number of hydrogen-bond donors (Lipinski definition) is 1. The van der Waals surface area contributed by atoms with Gasteiger partial charge in [-0.2, -0.15) is 0 Å². The summed E-state index contributed by atoms with van der Waals surface area (Å²) in [5, 5.41) is 2.99. The highest BCUT2D eigenvalue weighted by Crippen LogP contribution is 2.17. The molecule has 1 amide bonds. The van der Waals surface area contributed by atoms with Crippen molar-refractivity contribution in [3.05, 3.63) is 59.9 Å². The lowest BCUT2D eigenvalue weighted by molar-refractivity contribution is -0.122. The minimum atomic E-state index is -0.219. The van der Waals surface area contributed by atoms with E-state index in [2.05, 4.69) is 15.1 Å². The molecule has 0 unspecified atom stereocenters. The summed E-state index contributed by atoms with van der Waals surface area (Å²) in [7, 11) is 0. The molecule has 0 bridgehead atoms. The molecule has 1 aliphatic heterocycles. The van der Waals surface area contributed by atoms with Gasteiger partial charge >= 0.3 is 0 Å². The maximum absolute atomic E-state index is 13.1. The molecule has 150 valence electrons. The molecule has 0 atom stereocenters. The quantitative estimate of drug-likeness (QED) is 0.796. The number of nitrogens with zero attached hydrogens (tertiary/aromatic N) is 2. The monoisotopic (exact) mass is 385 g/mol. The Hall–Kier alpha value is -2.60. The van der Waals surface area contributed by atoms with Gasteiger partial charge in [0.15, 0.2) is 0 Å². The van der Waals surface area contributed by atoms with Crippen molar-refractivity contribution in [2.75, 3.05) is 44.2 Å². The summed E-state index contributed by atoms with van der Waals surface area (Å²) in [6.07, 6.45) is 0.973. The molecule has 0 aliphatic carbocycles. The van der Waals surface area contributed by atoms with Crippen LogP contribution in [0.3, 0.4) is 0 Å². The van der Waals surface area contributed by atoms with Crippen LogP contribution in [0.4, 0.5) is 10.1 Å². The molecule has 1 fully saturated rings. The van der Waals surface area contributed by atoms with E-state index >= 15 is 0 Å². The Bertz CT molecular complexity index is 767. The second-order valence-corrected chi connectivity index (χ2v) is 6.95. The van der Waals surface area contributed by atoms with Crippen LogP contribution in [-0.4, -0.2) is 50.1 Å². The zero-order valence-corrected chi connectivity index (χ0v) is 16.4. The summed E-state index contributed by atoms with van der Waals surface area (Å²) in [5.74, 6) is 0.628. The fourth-order valence-electron chi connectivity index (χ4n) is 3.41. The maximum Gasteiger partial charge on any atom is 0.234 e. The lowest BCUT2D eigenvalue weighted by atomic mass is 10.2. The van der Waals surface area contributed by atoms with E-state index in [1.165, 1.54) is 12.1 Å². The summed E-state index contributed by atoms with van der Waals surface area (Å²) >= 11 is 0. The number of anilines is 1. The number of hydrogen-bond acceptors (Lipinski definition) is 4. The minimum absolute atomic E-state index is 0.0250. The summed E-state index contributed by atoms with van der Waals surface area (Å²) in [6.45, 7) is 6.89. The molecule has 1 aliphatic rings. The van der Waals surface area contributed by atoms with Crippen molar-refractivity contribution < 1.29 is 13.9 Å². The van der Waals surface area contributed by atoms with E-state index in [0.717, 1.165) is 49.6 Å². The fourth-order valence-corrected chi connectivity index (χ4v) is 3.41. The molecule has 3 rings (SSSR count). The van der Waals surface area contributed by atoms with Gasteiger partial charge in [-0.1, -0.05) is 12.1 Å². The zero-order valence-electron chi connectivity index (χ0n) is 16.4. The molecule has 2 aromatic rings. The number of nitrogens with one attached hydrogen (secondary N) is 1. The highest BCUT2D eigenvalue weighted by Gasteiger charge is 2.17. The molecule has 1 heterocycles. The van der Waals surface area contributed by atoms with Crippen molar-refractivity contribution in [1.82, 2.24) is 10.2 Å². The van der Waals surface area contributed by atoms with Gasteiger partial charge in [-0.25, -0.2) is 4.39 Å². The average Bonchev–Trinajstić information content (AvgIpc) is 2.93. The van der Waals surface area contributed by atoms with E-state index in [1.807, 2.05) is 43.3 Å². The van der Waals surface area contributed by atoms with Gasteiger partial charge in [-0.15, -0.1) is 0 Å². The van der Waals surface area contributed by atoms with Gasteiger partial charge < -0.3 is 15.0 Å². The third-order valence-electron chi connectivity index (χ3n) is 4.85. The van der Waals surface area contributed by atoms with E-state index < -0.39 is 0 Å². The summed E-state index contributed by atoms with van der Waals surface area (Å²) in [5.41, 5.74) is 2.06. The molecule has 6 heteroatoms. The molecule has 28 heavy (non-hydrogen) atoms. The normalized spacial score (nSPS) is 15.1. The topological polar surface area (TPSA) is 44.8 Å². The lowest BCUT2D eigenvalue weighted by Crippen LogP contribution is -2.39. The van der Waals surface area contributed by atoms with Crippen molar-refractivity contribution in [3.8, 4) is 5.75 Å². The van der Waals surface area contributed by atoms with Crippen molar-refractivity contribution in [3.63, 3.8) is 0 Å². The van der Waals surface area contributed by atoms with E-state index in [9.17, 15) is 9.18 Å².